The van der Waals surface area contributed by atoms with E-state index in [4.69, 9.17) is 0 Å². The molecule has 0 saturated heterocycles. The van der Waals surface area contributed by atoms with Crippen molar-refractivity contribution in [3.8, 4) is 0 Å². The van der Waals surface area contributed by atoms with Crippen LogP contribution in [0.5, 0.6) is 0 Å². The van der Waals surface area contributed by atoms with Crippen molar-refractivity contribution in [1.29, 1.82) is 0 Å². The predicted molar refractivity (Wildman–Crippen MR) is 63.1 cm³/mol. The van der Waals surface area contributed by atoms with Crippen LogP contribution in [-0.4, -0.2) is 21.8 Å². The molecule has 2 aromatic rings. The minimum absolute atomic E-state index is 0.105. The fourth-order valence-corrected chi connectivity index (χ4v) is 1.80. The van der Waals surface area contributed by atoms with Crippen LogP contribution >= 0.6 is 0 Å². The van der Waals surface area contributed by atoms with E-state index in [9.17, 15) is 0 Å². The standard InChI is InChI=1S/C12H16N4/c1-9-5-4-6-11(15-9)12(13-2)10-7-14-16(3)8-10/h4-8,12-13H,1-3H3. The van der Waals surface area contributed by atoms with Crippen molar-refractivity contribution in [2.24, 2.45) is 7.05 Å². The van der Waals surface area contributed by atoms with Gasteiger partial charge in [-0.25, -0.2) is 0 Å². The maximum absolute atomic E-state index is 4.53. The molecule has 1 atom stereocenters. The highest BCUT2D eigenvalue weighted by molar-refractivity contribution is 5.24. The second-order valence-corrected chi connectivity index (χ2v) is 3.87. The lowest BCUT2D eigenvalue weighted by Crippen LogP contribution is -2.18. The fraction of sp³-hybridized carbons (Fsp3) is 0.333. The average Bonchev–Trinajstić information content (AvgIpc) is 2.66. The maximum atomic E-state index is 4.53. The van der Waals surface area contributed by atoms with Crippen molar-refractivity contribution >= 4 is 0 Å². The molecule has 0 aliphatic heterocycles. The van der Waals surface area contributed by atoms with Gasteiger partial charge in [-0.2, -0.15) is 5.10 Å². The average molecular weight is 216 g/mol. The summed E-state index contributed by atoms with van der Waals surface area (Å²) in [6.07, 6.45) is 3.87. The Hall–Kier alpha value is -1.68. The number of aryl methyl sites for hydroxylation is 2. The number of hydrogen-bond acceptors (Lipinski definition) is 3. The third-order valence-corrected chi connectivity index (χ3v) is 2.55. The zero-order valence-electron chi connectivity index (χ0n) is 9.81. The molecule has 0 aliphatic rings. The molecule has 2 rings (SSSR count). The minimum Gasteiger partial charge on any atom is -0.308 e. The van der Waals surface area contributed by atoms with E-state index in [-0.39, 0.29) is 6.04 Å². The van der Waals surface area contributed by atoms with Gasteiger partial charge in [0.25, 0.3) is 0 Å². The largest absolute Gasteiger partial charge is 0.308 e. The van der Waals surface area contributed by atoms with Crippen LogP contribution in [-0.2, 0) is 7.05 Å². The van der Waals surface area contributed by atoms with Gasteiger partial charge in [0.15, 0.2) is 0 Å². The molecule has 16 heavy (non-hydrogen) atoms. The van der Waals surface area contributed by atoms with E-state index in [1.807, 2.05) is 51.6 Å². The van der Waals surface area contributed by atoms with Crippen LogP contribution in [0.15, 0.2) is 30.6 Å². The first-order chi connectivity index (χ1) is 7.70. The zero-order valence-corrected chi connectivity index (χ0v) is 9.81. The van der Waals surface area contributed by atoms with E-state index in [0.717, 1.165) is 17.0 Å². The van der Waals surface area contributed by atoms with Crippen LogP contribution in [0, 0.1) is 6.92 Å². The van der Waals surface area contributed by atoms with Gasteiger partial charge in [-0.1, -0.05) is 6.07 Å². The summed E-state index contributed by atoms with van der Waals surface area (Å²) in [6, 6.07) is 6.16. The Kier molecular flexibility index (Phi) is 3.01. The van der Waals surface area contributed by atoms with E-state index in [1.54, 1.807) is 4.68 Å². The third-order valence-electron chi connectivity index (χ3n) is 2.55. The first-order valence-corrected chi connectivity index (χ1v) is 5.30. The van der Waals surface area contributed by atoms with Crippen molar-refractivity contribution in [2.45, 2.75) is 13.0 Å². The summed E-state index contributed by atoms with van der Waals surface area (Å²) < 4.78 is 1.80. The number of pyridine rings is 1. The van der Waals surface area contributed by atoms with Crippen LogP contribution in [0.3, 0.4) is 0 Å². The molecular weight excluding hydrogens is 200 g/mol. The van der Waals surface area contributed by atoms with Gasteiger partial charge in [0.2, 0.25) is 0 Å². The van der Waals surface area contributed by atoms with Gasteiger partial charge in [0.05, 0.1) is 17.9 Å². The predicted octanol–water partition coefficient (Wildman–Crippen LogP) is 1.43. The van der Waals surface area contributed by atoms with Crippen LogP contribution < -0.4 is 5.32 Å². The van der Waals surface area contributed by atoms with Gasteiger partial charge in [-0.3, -0.25) is 9.67 Å². The number of hydrogen-bond donors (Lipinski definition) is 1. The highest BCUT2D eigenvalue weighted by Gasteiger charge is 2.14. The normalized spacial score (nSPS) is 12.7. The molecule has 0 amide bonds. The van der Waals surface area contributed by atoms with Crippen LogP contribution in [0.2, 0.25) is 0 Å². The van der Waals surface area contributed by atoms with Crippen molar-refractivity contribution in [3.05, 3.63) is 47.5 Å². The molecule has 0 spiro atoms. The summed E-state index contributed by atoms with van der Waals surface area (Å²) >= 11 is 0. The number of nitrogens with one attached hydrogen (secondary N) is 1. The Labute approximate surface area is 95.3 Å². The minimum atomic E-state index is 0.105. The topological polar surface area (TPSA) is 42.7 Å². The lowest BCUT2D eigenvalue weighted by atomic mass is 10.1. The lowest BCUT2D eigenvalue weighted by molar-refractivity contribution is 0.667. The number of nitrogens with zero attached hydrogens (tertiary/aromatic N) is 3. The first kappa shape index (κ1) is 10.8. The Morgan fingerprint density at radius 2 is 2.19 bits per heavy atom. The number of rotatable bonds is 3. The van der Waals surface area contributed by atoms with Crippen LogP contribution in [0.4, 0.5) is 0 Å². The molecule has 84 valence electrons. The smallest absolute Gasteiger partial charge is 0.0779 e. The monoisotopic (exact) mass is 216 g/mol. The van der Waals surface area contributed by atoms with E-state index >= 15 is 0 Å². The van der Waals surface area contributed by atoms with Gasteiger partial charge in [0, 0.05) is 24.5 Å². The summed E-state index contributed by atoms with van der Waals surface area (Å²) in [4.78, 5) is 4.53. The maximum Gasteiger partial charge on any atom is 0.0779 e. The molecular formula is C12H16N4. The zero-order chi connectivity index (χ0) is 11.5. The second-order valence-electron chi connectivity index (χ2n) is 3.87. The Morgan fingerprint density at radius 1 is 1.38 bits per heavy atom. The summed E-state index contributed by atoms with van der Waals surface area (Å²) in [5.74, 6) is 0. The molecule has 4 nitrogen and oxygen atoms in total. The van der Waals surface area contributed by atoms with Crippen LogP contribution in [0.25, 0.3) is 0 Å². The Balaban J connectivity index is 2.36. The SMILES string of the molecule is CNC(c1cnn(C)c1)c1cccc(C)n1. The van der Waals surface area contributed by atoms with Crippen molar-refractivity contribution in [2.75, 3.05) is 7.05 Å². The fourth-order valence-electron chi connectivity index (χ4n) is 1.80. The first-order valence-electron chi connectivity index (χ1n) is 5.30. The van der Waals surface area contributed by atoms with Crippen molar-refractivity contribution < 1.29 is 0 Å². The van der Waals surface area contributed by atoms with E-state index in [0.29, 0.717) is 0 Å². The van der Waals surface area contributed by atoms with Crippen LogP contribution in [0.1, 0.15) is 23.0 Å². The quantitative estimate of drug-likeness (QED) is 0.844. The molecule has 0 radical (unpaired) electrons. The summed E-state index contributed by atoms with van der Waals surface area (Å²) in [5.41, 5.74) is 3.18. The summed E-state index contributed by atoms with van der Waals surface area (Å²) in [5, 5.41) is 7.44. The molecule has 0 aliphatic carbocycles. The van der Waals surface area contributed by atoms with E-state index in [2.05, 4.69) is 15.4 Å². The van der Waals surface area contributed by atoms with E-state index < -0.39 is 0 Å². The highest BCUT2D eigenvalue weighted by atomic mass is 15.2. The van der Waals surface area contributed by atoms with Crippen molar-refractivity contribution in [1.82, 2.24) is 20.1 Å². The van der Waals surface area contributed by atoms with Gasteiger partial charge >= 0.3 is 0 Å². The molecule has 2 heterocycles. The van der Waals surface area contributed by atoms with Gasteiger partial charge in [-0.05, 0) is 26.1 Å². The molecule has 2 aromatic heterocycles. The number of aromatic nitrogens is 3. The van der Waals surface area contributed by atoms with Gasteiger partial charge in [-0.15, -0.1) is 0 Å². The molecule has 1 unspecified atom stereocenters. The van der Waals surface area contributed by atoms with E-state index in [1.165, 1.54) is 0 Å². The van der Waals surface area contributed by atoms with Gasteiger partial charge < -0.3 is 5.32 Å². The Morgan fingerprint density at radius 3 is 2.75 bits per heavy atom. The molecule has 0 saturated carbocycles. The van der Waals surface area contributed by atoms with Crippen molar-refractivity contribution in [3.63, 3.8) is 0 Å². The second kappa shape index (κ2) is 4.45. The molecule has 4 heteroatoms. The van der Waals surface area contributed by atoms with Gasteiger partial charge in [0.1, 0.15) is 0 Å². The summed E-state index contributed by atoms with van der Waals surface area (Å²) in [6.45, 7) is 2.00. The molecule has 0 aromatic carbocycles. The molecule has 0 fully saturated rings. The highest BCUT2D eigenvalue weighted by Crippen LogP contribution is 2.19. The molecule has 0 bridgehead atoms. The third kappa shape index (κ3) is 2.12. The summed E-state index contributed by atoms with van der Waals surface area (Å²) in [7, 11) is 3.85. The Bertz CT molecular complexity index is 475. The lowest BCUT2D eigenvalue weighted by Gasteiger charge is -2.14. The molecule has 1 N–H and O–H groups in total.